The average molecular weight is 357 g/mol. The Balaban J connectivity index is 3.68. The Hall–Kier alpha value is -0.956. The molecule has 1 aliphatic heterocycles. The molecule has 1 unspecified atom stereocenters. The van der Waals surface area contributed by atoms with Crippen molar-refractivity contribution >= 4 is 34.3 Å². The number of hydrogen-bond donors (Lipinski definition) is 0. The summed E-state index contributed by atoms with van der Waals surface area (Å²) in [4.78, 5) is 39.7. The zero-order valence-electron chi connectivity index (χ0n) is 16.1. The molecule has 1 atom stereocenters. The van der Waals surface area contributed by atoms with Gasteiger partial charge in [-0.05, 0) is 12.3 Å². The van der Waals surface area contributed by atoms with Crippen molar-refractivity contribution in [1.29, 1.82) is 0 Å². The van der Waals surface area contributed by atoms with Gasteiger partial charge in [0.25, 0.3) is 0 Å². The lowest BCUT2D eigenvalue weighted by molar-refractivity contribution is -0.157. The van der Waals surface area contributed by atoms with Crippen LogP contribution in [0, 0.1) is 11.3 Å². The molecule has 4 amide bonds. The highest BCUT2D eigenvalue weighted by Crippen LogP contribution is 2.43. The van der Waals surface area contributed by atoms with Gasteiger partial charge in [-0.15, -0.1) is 0 Å². The van der Waals surface area contributed by atoms with Gasteiger partial charge in [-0.25, -0.2) is 4.79 Å². The summed E-state index contributed by atoms with van der Waals surface area (Å²) in [5.41, 5.74) is -1.09. The van der Waals surface area contributed by atoms with Gasteiger partial charge in [0, 0.05) is 0 Å². The number of amides is 4. The molecule has 1 heterocycles. The van der Waals surface area contributed by atoms with Crippen LogP contribution in [-0.4, -0.2) is 43.4 Å². The Morgan fingerprint density at radius 3 is 1.43 bits per heavy atom. The smallest absolute Gasteiger partial charge is 0.294 e. The number of carbonyl (C=O) groups is 3. The molecular formula is C16H32N2O3Si2. The summed E-state index contributed by atoms with van der Waals surface area (Å²) >= 11 is 0. The molecule has 0 aromatic rings. The van der Waals surface area contributed by atoms with Gasteiger partial charge < -0.3 is 0 Å². The molecule has 23 heavy (non-hydrogen) atoms. The number of imide groups is 2. The van der Waals surface area contributed by atoms with Crippen LogP contribution >= 0.6 is 0 Å². The predicted octanol–water partition coefficient (Wildman–Crippen LogP) is 3.89. The van der Waals surface area contributed by atoms with E-state index in [2.05, 4.69) is 0 Å². The van der Waals surface area contributed by atoms with Crippen LogP contribution in [0.25, 0.3) is 0 Å². The molecule has 132 valence electrons. The average Bonchev–Trinajstić information content (AvgIpc) is 2.35. The van der Waals surface area contributed by atoms with Crippen molar-refractivity contribution in [3.63, 3.8) is 0 Å². The van der Waals surface area contributed by atoms with Crippen molar-refractivity contribution in [2.45, 2.75) is 72.9 Å². The second kappa shape index (κ2) is 6.16. The van der Waals surface area contributed by atoms with E-state index in [1.165, 1.54) is 9.13 Å². The number of urea groups is 1. The molecule has 0 aliphatic carbocycles. The quantitative estimate of drug-likeness (QED) is 0.554. The third kappa shape index (κ3) is 3.05. The lowest BCUT2D eigenvalue weighted by Crippen LogP contribution is -2.75. The Morgan fingerprint density at radius 1 is 0.870 bits per heavy atom. The summed E-state index contributed by atoms with van der Waals surface area (Å²) in [5, 5.41) is 0. The van der Waals surface area contributed by atoms with Crippen molar-refractivity contribution in [3.8, 4) is 0 Å². The number of nitrogens with zero attached hydrogens (tertiary/aromatic N) is 2. The molecular weight excluding hydrogens is 324 g/mol. The van der Waals surface area contributed by atoms with E-state index >= 15 is 0 Å². The van der Waals surface area contributed by atoms with Gasteiger partial charge in [-0.1, -0.05) is 66.5 Å². The Kier molecular flexibility index (Phi) is 5.38. The third-order valence-electron chi connectivity index (χ3n) is 4.90. The number of hydrogen-bond acceptors (Lipinski definition) is 3. The molecule has 0 radical (unpaired) electrons. The van der Waals surface area contributed by atoms with Crippen LogP contribution in [0.4, 0.5) is 4.79 Å². The fourth-order valence-electron chi connectivity index (χ4n) is 3.37. The van der Waals surface area contributed by atoms with E-state index in [0.29, 0.717) is 6.42 Å². The minimum atomic E-state index is -2.23. The van der Waals surface area contributed by atoms with Gasteiger partial charge in [-0.2, -0.15) is 0 Å². The van der Waals surface area contributed by atoms with E-state index in [-0.39, 0.29) is 23.8 Å². The van der Waals surface area contributed by atoms with E-state index < -0.39 is 21.9 Å². The summed E-state index contributed by atoms with van der Waals surface area (Å²) in [6.45, 7) is 17.8. The topological polar surface area (TPSA) is 57.7 Å². The second-order valence-corrected chi connectivity index (χ2v) is 18.1. The van der Waals surface area contributed by atoms with E-state index in [1.807, 2.05) is 60.1 Å². The maximum Gasteiger partial charge on any atom is 0.317 e. The van der Waals surface area contributed by atoms with Crippen molar-refractivity contribution in [3.05, 3.63) is 0 Å². The first kappa shape index (κ1) is 20.1. The zero-order chi connectivity index (χ0) is 18.4. The van der Waals surface area contributed by atoms with Crippen LogP contribution in [0.5, 0.6) is 0 Å². The number of carbonyl (C=O) groups excluding carboxylic acids is 3. The first-order valence-corrected chi connectivity index (χ1v) is 15.4. The van der Waals surface area contributed by atoms with Crippen LogP contribution in [0.3, 0.4) is 0 Å². The molecule has 0 aromatic heterocycles. The molecule has 0 bridgehead atoms. The molecule has 0 aromatic carbocycles. The standard InChI is InChI=1S/C16H32N2O3Si2/c1-10-12(3)16(11-2)13(19)17(22(4,5)6)15(21)18(14(16)20)23(7,8)9/h12H,10-11H2,1-9H3. The lowest BCUT2D eigenvalue weighted by Gasteiger charge is -2.52. The lowest BCUT2D eigenvalue weighted by atomic mass is 9.70. The molecule has 1 fully saturated rings. The molecule has 1 rings (SSSR count). The van der Waals surface area contributed by atoms with Gasteiger partial charge in [0.05, 0.1) is 0 Å². The fourth-order valence-corrected chi connectivity index (χ4v) is 6.43. The summed E-state index contributed by atoms with van der Waals surface area (Å²) in [7, 11) is -4.47. The third-order valence-corrected chi connectivity index (χ3v) is 8.38. The largest absolute Gasteiger partial charge is 0.317 e. The minimum Gasteiger partial charge on any atom is -0.294 e. The summed E-state index contributed by atoms with van der Waals surface area (Å²) in [5.74, 6) is -0.616. The molecule has 0 spiro atoms. The van der Waals surface area contributed by atoms with Gasteiger partial charge in [0.2, 0.25) is 11.8 Å². The van der Waals surface area contributed by atoms with Crippen molar-refractivity contribution in [2.75, 3.05) is 0 Å². The summed E-state index contributed by atoms with van der Waals surface area (Å²) in [6.07, 6.45) is 1.17. The van der Waals surface area contributed by atoms with Crippen LogP contribution < -0.4 is 0 Å². The predicted molar refractivity (Wildman–Crippen MR) is 98.0 cm³/mol. The van der Waals surface area contributed by atoms with E-state index in [4.69, 9.17) is 0 Å². The van der Waals surface area contributed by atoms with Gasteiger partial charge in [-0.3, -0.25) is 18.7 Å². The van der Waals surface area contributed by atoms with E-state index in [9.17, 15) is 14.4 Å². The molecule has 1 aliphatic rings. The normalized spacial score (nSPS) is 21.0. The van der Waals surface area contributed by atoms with Crippen LogP contribution in [-0.2, 0) is 9.59 Å². The van der Waals surface area contributed by atoms with Crippen LogP contribution in [0.1, 0.15) is 33.6 Å². The SMILES string of the molecule is CCC(C)C1(CC)C(=O)N([Si](C)(C)C)C(=O)N([Si](C)(C)C)C1=O. The first-order valence-electron chi connectivity index (χ1n) is 8.50. The maximum absolute atomic E-state index is 13.3. The summed E-state index contributed by atoms with van der Waals surface area (Å²) in [6, 6.07) is -0.384. The number of barbiturate groups is 1. The van der Waals surface area contributed by atoms with E-state index in [1.54, 1.807) is 0 Å². The maximum atomic E-state index is 13.3. The van der Waals surface area contributed by atoms with Gasteiger partial charge in [0.1, 0.15) is 5.41 Å². The Bertz CT molecular complexity index is 484. The van der Waals surface area contributed by atoms with Crippen molar-refractivity contribution in [1.82, 2.24) is 9.13 Å². The molecule has 5 nitrogen and oxygen atoms in total. The van der Waals surface area contributed by atoms with Crippen LogP contribution in [0.2, 0.25) is 39.3 Å². The first-order chi connectivity index (χ1) is 10.3. The fraction of sp³-hybridized carbons (Fsp3) is 0.812. The van der Waals surface area contributed by atoms with Gasteiger partial charge in [0.15, 0.2) is 16.5 Å². The minimum absolute atomic E-state index is 0.0849. The van der Waals surface area contributed by atoms with Crippen molar-refractivity contribution in [2.24, 2.45) is 11.3 Å². The monoisotopic (exact) mass is 356 g/mol. The van der Waals surface area contributed by atoms with Crippen molar-refractivity contribution < 1.29 is 14.4 Å². The summed E-state index contributed by atoms with van der Waals surface area (Å²) < 4.78 is 2.92. The molecule has 0 N–H and O–H groups in total. The molecule has 0 saturated carbocycles. The zero-order valence-corrected chi connectivity index (χ0v) is 18.1. The highest BCUT2D eigenvalue weighted by Gasteiger charge is 2.62. The van der Waals surface area contributed by atoms with Crippen LogP contribution in [0.15, 0.2) is 0 Å². The molecule has 1 saturated heterocycles. The Morgan fingerprint density at radius 2 is 1.22 bits per heavy atom. The highest BCUT2D eigenvalue weighted by atomic mass is 28.3. The second-order valence-electron chi connectivity index (χ2n) is 8.54. The van der Waals surface area contributed by atoms with Gasteiger partial charge >= 0.3 is 6.03 Å². The van der Waals surface area contributed by atoms with E-state index in [0.717, 1.165) is 6.42 Å². The molecule has 7 heteroatoms. The number of rotatable bonds is 5. The highest BCUT2D eigenvalue weighted by molar-refractivity contribution is 6.82. The Labute approximate surface area is 142 Å².